The Kier molecular flexibility index (Phi) is 4.62. The average molecular weight is 301 g/mol. The molecule has 5 nitrogen and oxygen atoms in total. The Morgan fingerprint density at radius 1 is 1.41 bits per heavy atom. The number of hydrogen-bond donors (Lipinski definition) is 0. The first-order valence-electron chi connectivity index (χ1n) is 5.10. The number of nitro benzene ring substituents is 1. The largest absolute Gasteiger partial charge is 0.309 e. The molecule has 0 saturated heterocycles. The first-order chi connectivity index (χ1) is 7.97. The summed E-state index contributed by atoms with van der Waals surface area (Å²) in [5.41, 5.74) is 0.679. The van der Waals surface area contributed by atoms with Gasteiger partial charge in [-0.1, -0.05) is 15.9 Å². The molecule has 0 bridgehead atoms. The lowest BCUT2D eigenvalue weighted by Crippen LogP contribution is -2.37. The van der Waals surface area contributed by atoms with E-state index < -0.39 is 4.92 Å². The summed E-state index contributed by atoms with van der Waals surface area (Å²) >= 11 is 3.12. The van der Waals surface area contributed by atoms with E-state index in [2.05, 4.69) is 15.9 Å². The number of carbonyl (C=O) groups excluding carboxylic acids is 1. The fraction of sp³-hybridized carbons (Fsp3) is 0.364. The topological polar surface area (TPSA) is 63.5 Å². The third kappa shape index (κ3) is 3.26. The van der Waals surface area contributed by atoms with Crippen LogP contribution in [-0.4, -0.2) is 22.2 Å². The van der Waals surface area contributed by atoms with Crippen LogP contribution in [0.2, 0.25) is 0 Å². The van der Waals surface area contributed by atoms with E-state index >= 15 is 0 Å². The van der Waals surface area contributed by atoms with E-state index in [1.165, 1.54) is 12.1 Å². The van der Waals surface area contributed by atoms with E-state index in [1.54, 1.807) is 17.0 Å². The van der Waals surface area contributed by atoms with Crippen LogP contribution >= 0.6 is 15.9 Å². The van der Waals surface area contributed by atoms with Gasteiger partial charge in [-0.2, -0.15) is 0 Å². The molecule has 1 amide bonds. The molecule has 0 aromatic heterocycles. The molecule has 92 valence electrons. The van der Waals surface area contributed by atoms with Crippen molar-refractivity contribution in [3.63, 3.8) is 0 Å². The highest BCUT2D eigenvalue weighted by Crippen LogP contribution is 2.21. The summed E-state index contributed by atoms with van der Waals surface area (Å²) in [6.07, 6.45) is 0. The maximum atomic E-state index is 11.7. The van der Waals surface area contributed by atoms with Crippen molar-refractivity contribution in [3.05, 3.63) is 34.4 Å². The van der Waals surface area contributed by atoms with Crippen LogP contribution in [0.5, 0.6) is 0 Å². The number of anilines is 1. The highest BCUT2D eigenvalue weighted by atomic mass is 79.9. The first kappa shape index (κ1) is 13.6. The van der Waals surface area contributed by atoms with Gasteiger partial charge in [-0.05, 0) is 26.0 Å². The van der Waals surface area contributed by atoms with Gasteiger partial charge < -0.3 is 4.90 Å². The third-order valence-electron chi connectivity index (χ3n) is 2.24. The zero-order chi connectivity index (χ0) is 13.0. The highest BCUT2D eigenvalue weighted by molar-refractivity contribution is 9.09. The van der Waals surface area contributed by atoms with Crippen LogP contribution in [0.15, 0.2) is 24.3 Å². The fourth-order valence-corrected chi connectivity index (χ4v) is 1.80. The molecule has 1 aromatic carbocycles. The zero-order valence-corrected chi connectivity index (χ0v) is 11.2. The number of halogens is 1. The van der Waals surface area contributed by atoms with Crippen molar-refractivity contribution in [1.82, 2.24) is 0 Å². The molecule has 0 aliphatic heterocycles. The molecule has 0 spiro atoms. The minimum Gasteiger partial charge on any atom is -0.309 e. The maximum absolute atomic E-state index is 11.7. The molecule has 0 saturated carbocycles. The van der Waals surface area contributed by atoms with Crippen LogP contribution in [0.3, 0.4) is 0 Å². The number of rotatable bonds is 4. The van der Waals surface area contributed by atoms with Gasteiger partial charge >= 0.3 is 0 Å². The van der Waals surface area contributed by atoms with Crippen LogP contribution in [0.25, 0.3) is 0 Å². The summed E-state index contributed by atoms with van der Waals surface area (Å²) in [4.78, 5) is 23.4. The molecule has 0 heterocycles. The number of hydrogen-bond acceptors (Lipinski definition) is 3. The van der Waals surface area contributed by atoms with Gasteiger partial charge in [0.2, 0.25) is 5.91 Å². The Morgan fingerprint density at radius 2 is 1.94 bits per heavy atom. The smallest absolute Gasteiger partial charge is 0.269 e. The monoisotopic (exact) mass is 300 g/mol. The van der Waals surface area contributed by atoms with Crippen LogP contribution in [0, 0.1) is 10.1 Å². The molecule has 17 heavy (non-hydrogen) atoms. The number of nitro groups is 1. The van der Waals surface area contributed by atoms with Gasteiger partial charge in [0, 0.05) is 23.9 Å². The van der Waals surface area contributed by atoms with Gasteiger partial charge in [-0.15, -0.1) is 0 Å². The van der Waals surface area contributed by atoms with Crippen molar-refractivity contribution in [2.75, 3.05) is 10.2 Å². The molecule has 0 atom stereocenters. The highest BCUT2D eigenvalue weighted by Gasteiger charge is 2.18. The SMILES string of the molecule is CC(C)N(C(=O)CBr)c1ccc([N+](=O)[O-])cc1. The van der Waals surface area contributed by atoms with Gasteiger partial charge in [0.1, 0.15) is 0 Å². The molecule has 1 aromatic rings. The molecule has 1 rings (SSSR count). The molecular formula is C11H13BrN2O3. The predicted molar refractivity (Wildman–Crippen MR) is 69.5 cm³/mol. The van der Waals surface area contributed by atoms with Gasteiger partial charge in [0.25, 0.3) is 5.69 Å². The van der Waals surface area contributed by atoms with E-state index in [1.807, 2.05) is 13.8 Å². The lowest BCUT2D eigenvalue weighted by molar-refractivity contribution is -0.384. The van der Waals surface area contributed by atoms with Crippen molar-refractivity contribution in [3.8, 4) is 0 Å². The molecule has 0 N–H and O–H groups in total. The van der Waals surface area contributed by atoms with E-state index in [-0.39, 0.29) is 23.0 Å². The van der Waals surface area contributed by atoms with E-state index in [4.69, 9.17) is 0 Å². The van der Waals surface area contributed by atoms with Crippen LogP contribution in [0.1, 0.15) is 13.8 Å². The van der Waals surface area contributed by atoms with Gasteiger partial charge in [-0.3, -0.25) is 14.9 Å². The van der Waals surface area contributed by atoms with Crippen molar-refractivity contribution in [2.24, 2.45) is 0 Å². The number of benzene rings is 1. The van der Waals surface area contributed by atoms with E-state index in [0.717, 1.165) is 0 Å². The Balaban J connectivity index is 3.03. The average Bonchev–Trinajstić information content (AvgIpc) is 2.29. The third-order valence-corrected chi connectivity index (χ3v) is 2.72. The lowest BCUT2D eigenvalue weighted by Gasteiger charge is -2.26. The second kappa shape index (κ2) is 5.77. The first-order valence-corrected chi connectivity index (χ1v) is 6.22. The minimum absolute atomic E-state index is 0.00139. The van der Waals surface area contributed by atoms with Crippen molar-refractivity contribution in [1.29, 1.82) is 0 Å². The van der Waals surface area contributed by atoms with Crippen LogP contribution < -0.4 is 4.90 Å². The zero-order valence-electron chi connectivity index (χ0n) is 9.59. The second-order valence-corrected chi connectivity index (χ2v) is 4.33. The molecule has 0 aliphatic carbocycles. The fourth-order valence-electron chi connectivity index (χ4n) is 1.53. The second-order valence-electron chi connectivity index (χ2n) is 3.76. The summed E-state index contributed by atoms with van der Waals surface area (Å²) < 4.78 is 0. The van der Waals surface area contributed by atoms with E-state index in [9.17, 15) is 14.9 Å². The van der Waals surface area contributed by atoms with Crippen LogP contribution in [-0.2, 0) is 4.79 Å². The molecule has 0 aliphatic rings. The molecular weight excluding hydrogens is 288 g/mol. The summed E-state index contributed by atoms with van der Waals surface area (Å²) in [6, 6.07) is 5.96. The number of nitrogens with zero attached hydrogens (tertiary/aromatic N) is 2. The number of alkyl halides is 1. The number of carbonyl (C=O) groups is 1. The van der Waals surface area contributed by atoms with Crippen molar-refractivity contribution >= 4 is 33.2 Å². The number of non-ortho nitro benzene ring substituents is 1. The van der Waals surface area contributed by atoms with Gasteiger partial charge in [0.05, 0.1) is 10.3 Å². The normalized spacial score (nSPS) is 10.4. The summed E-state index contributed by atoms with van der Waals surface area (Å²) in [7, 11) is 0. The standard InChI is InChI=1S/C11H13BrN2O3/c1-8(2)13(11(15)7-12)9-3-5-10(6-4-9)14(16)17/h3-6,8H,7H2,1-2H3. The van der Waals surface area contributed by atoms with Gasteiger partial charge in [0.15, 0.2) is 0 Å². The summed E-state index contributed by atoms with van der Waals surface area (Å²) in [5, 5.41) is 10.7. The molecule has 0 radical (unpaired) electrons. The predicted octanol–water partition coefficient (Wildman–Crippen LogP) is 2.73. The van der Waals surface area contributed by atoms with E-state index in [0.29, 0.717) is 5.69 Å². The van der Waals surface area contributed by atoms with Crippen molar-refractivity contribution in [2.45, 2.75) is 19.9 Å². The van der Waals surface area contributed by atoms with Crippen molar-refractivity contribution < 1.29 is 9.72 Å². The summed E-state index contributed by atoms with van der Waals surface area (Å²) in [5.74, 6) is -0.0751. The number of amides is 1. The Morgan fingerprint density at radius 3 is 2.29 bits per heavy atom. The molecule has 6 heteroatoms. The summed E-state index contributed by atoms with van der Waals surface area (Å²) in [6.45, 7) is 3.78. The molecule has 0 unspecified atom stereocenters. The lowest BCUT2D eigenvalue weighted by atomic mass is 10.2. The maximum Gasteiger partial charge on any atom is 0.269 e. The van der Waals surface area contributed by atoms with Crippen LogP contribution in [0.4, 0.5) is 11.4 Å². The Hall–Kier alpha value is -1.43. The minimum atomic E-state index is -0.462. The van der Waals surface area contributed by atoms with Gasteiger partial charge in [-0.25, -0.2) is 0 Å². The Bertz CT molecular complexity index is 417. The quantitative estimate of drug-likeness (QED) is 0.488. The Labute approximate surface area is 108 Å². The molecule has 0 fully saturated rings.